The van der Waals surface area contributed by atoms with Gasteiger partial charge in [0.2, 0.25) is 0 Å². The number of nitrogens with two attached hydrogens (primary N) is 1. The van der Waals surface area contributed by atoms with Gasteiger partial charge in [-0.15, -0.1) is 0 Å². The van der Waals surface area contributed by atoms with Gasteiger partial charge in [-0.05, 0) is 38.1 Å². The van der Waals surface area contributed by atoms with Crippen LogP contribution >= 0.6 is 0 Å². The second-order valence-electron chi connectivity index (χ2n) is 4.24. The summed E-state index contributed by atoms with van der Waals surface area (Å²) in [6.45, 7) is 3.65. The number of carbonyl (C=O) groups is 1. The van der Waals surface area contributed by atoms with E-state index in [2.05, 4.69) is 10.3 Å². The Morgan fingerprint density at radius 1 is 1.26 bits per heavy atom. The molecule has 1 heterocycles. The summed E-state index contributed by atoms with van der Waals surface area (Å²) in [4.78, 5) is 16.3. The van der Waals surface area contributed by atoms with Gasteiger partial charge >= 0.3 is 0 Å². The highest BCUT2D eigenvalue weighted by Gasteiger charge is 2.13. The molecular weight excluding hydrogens is 245 g/mol. The predicted octanol–water partition coefficient (Wildman–Crippen LogP) is 2.67. The van der Waals surface area contributed by atoms with Crippen LogP contribution in [0.5, 0.6) is 0 Å². The highest BCUT2D eigenvalue weighted by Crippen LogP contribution is 2.19. The van der Waals surface area contributed by atoms with Crippen LogP contribution in [-0.2, 0) is 0 Å². The zero-order valence-electron chi connectivity index (χ0n) is 10.7. The Balaban J connectivity index is 2.28. The summed E-state index contributed by atoms with van der Waals surface area (Å²) in [6.07, 6.45) is 0. The van der Waals surface area contributed by atoms with Crippen LogP contribution in [0.3, 0.4) is 0 Å². The lowest BCUT2D eigenvalue weighted by molar-refractivity contribution is 0.102. The van der Waals surface area contributed by atoms with Crippen LogP contribution in [-0.4, -0.2) is 10.9 Å². The average Bonchev–Trinajstić information content (AvgIpc) is 2.36. The van der Waals surface area contributed by atoms with E-state index in [9.17, 15) is 9.18 Å². The molecule has 0 unspecified atom stereocenters. The zero-order chi connectivity index (χ0) is 14.0. The molecule has 0 radical (unpaired) electrons. The molecule has 1 amide bonds. The van der Waals surface area contributed by atoms with Gasteiger partial charge in [0.15, 0.2) is 0 Å². The minimum atomic E-state index is -0.605. The van der Waals surface area contributed by atoms with Crippen LogP contribution in [0.4, 0.5) is 15.8 Å². The van der Waals surface area contributed by atoms with Crippen molar-refractivity contribution in [3.63, 3.8) is 0 Å². The number of para-hydroxylation sites is 1. The van der Waals surface area contributed by atoms with E-state index in [0.29, 0.717) is 11.4 Å². The standard InChI is InChI=1S/C14H14FN3O/c1-8-6-7-12(9(2)17-8)18-14(19)10-4-3-5-11(15)13(10)16/h3-7H,16H2,1-2H3,(H,18,19). The number of nitrogens with zero attached hydrogens (tertiary/aromatic N) is 1. The van der Waals surface area contributed by atoms with E-state index >= 15 is 0 Å². The van der Waals surface area contributed by atoms with E-state index < -0.39 is 11.7 Å². The number of benzene rings is 1. The Hall–Kier alpha value is -2.43. The Morgan fingerprint density at radius 3 is 2.68 bits per heavy atom. The largest absolute Gasteiger partial charge is 0.396 e. The molecule has 5 heteroatoms. The van der Waals surface area contributed by atoms with Crippen molar-refractivity contribution in [3.8, 4) is 0 Å². The molecule has 19 heavy (non-hydrogen) atoms. The first-order chi connectivity index (χ1) is 8.99. The number of aryl methyl sites for hydroxylation is 2. The number of carbonyl (C=O) groups excluding carboxylic acids is 1. The van der Waals surface area contributed by atoms with E-state index in [0.717, 1.165) is 5.69 Å². The molecular formula is C14H14FN3O. The molecule has 0 atom stereocenters. The second kappa shape index (κ2) is 5.06. The second-order valence-corrected chi connectivity index (χ2v) is 4.24. The van der Waals surface area contributed by atoms with Crippen molar-refractivity contribution in [2.24, 2.45) is 0 Å². The maximum Gasteiger partial charge on any atom is 0.257 e. The molecule has 1 aromatic heterocycles. The first-order valence-electron chi connectivity index (χ1n) is 5.78. The van der Waals surface area contributed by atoms with E-state index in [1.165, 1.54) is 18.2 Å². The fraction of sp³-hybridized carbons (Fsp3) is 0.143. The Bertz CT molecular complexity index is 641. The van der Waals surface area contributed by atoms with Gasteiger partial charge in [-0.1, -0.05) is 6.07 Å². The van der Waals surface area contributed by atoms with Gasteiger partial charge in [0.05, 0.1) is 22.6 Å². The van der Waals surface area contributed by atoms with Crippen LogP contribution in [0.2, 0.25) is 0 Å². The fourth-order valence-electron chi connectivity index (χ4n) is 1.74. The normalized spacial score (nSPS) is 10.3. The number of aromatic nitrogens is 1. The molecule has 0 saturated carbocycles. The average molecular weight is 259 g/mol. The first kappa shape index (κ1) is 13.0. The number of pyridine rings is 1. The number of anilines is 2. The van der Waals surface area contributed by atoms with Gasteiger partial charge in [0.1, 0.15) is 5.82 Å². The summed E-state index contributed by atoms with van der Waals surface area (Å²) >= 11 is 0. The third-order valence-corrected chi connectivity index (χ3v) is 2.77. The van der Waals surface area contributed by atoms with Crippen LogP contribution in [0.1, 0.15) is 21.7 Å². The molecule has 2 aromatic rings. The zero-order valence-corrected chi connectivity index (χ0v) is 10.7. The number of rotatable bonds is 2. The molecule has 0 aliphatic heterocycles. The molecule has 0 spiro atoms. The Kier molecular flexibility index (Phi) is 3.46. The number of halogens is 1. The van der Waals surface area contributed by atoms with Crippen LogP contribution in [0.15, 0.2) is 30.3 Å². The van der Waals surface area contributed by atoms with E-state index in [1.807, 2.05) is 6.92 Å². The van der Waals surface area contributed by atoms with Crippen molar-refractivity contribution in [1.82, 2.24) is 4.98 Å². The van der Waals surface area contributed by atoms with Crippen molar-refractivity contribution in [2.75, 3.05) is 11.1 Å². The molecule has 0 bridgehead atoms. The maximum atomic E-state index is 13.3. The number of nitrogens with one attached hydrogen (secondary N) is 1. The van der Waals surface area contributed by atoms with Gasteiger partial charge in [-0.2, -0.15) is 0 Å². The summed E-state index contributed by atoms with van der Waals surface area (Å²) in [5.41, 5.74) is 7.65. The maximum absolute atomic E-state index is 13.3. The van der Waals surface area contributed by atoms with Gasteiger partial charge < -0.3 is 11.1 Å². The Labute approximate surface area is 110 Å². The minimum Gasteiger partial charge on any atom is -0.396 e. The topological polar surface area (TPSA) is 68.0 Å². The SMILES string of the molecule is Cc1ccc(NC(=O)c2cccc(F)c2N)c(C)n1. The Morgan fingerprint density at radius 2 is 2.00 bits per heavy atom. The van der Waals surface area contributed by atoms with E-state index in [-0.39, 0.29) is 11.3 Å². The summed E-state index contributed by atoms with van der Waals surface area (Å²) < 4.78 is 13.3. The van der Waals surface area contributed by atoms with Crippen molar-refractivity contribution in [2.45, 2.75) is 13.8 Å². The number of nitrogen functional groups attached to an aromatic ring is 1. The lowest BCUT2D eigenvalue weighted by Gasteiger charge is -2.10. The van der Waals surface area contributed by atoms with Crippen molar-refractivity contribution in [1.29, 1.82) is 0 Å². The van der Waals surface area contributed by atoms with Gasteiger partial charge in [-0.25, -0.2) is 4.39 Å². The van der Waals surface area contributed by atoms with E-state index in [1.54, 1.807) is 19.1 Å². The lowest BCUT2D eigenvalue weighted by Crippen LogP contribution is -2.15. The molecule has 3 N–H and O–H groups in total. The summed E-state index contributed by atoms with van der Waals surface area (Å²) in [5.74, 6) is -1.06. The predicted molar refractivity (Wildman–Crippen MR) is 72.5 cm³/mol. The summed E-state index contributed by atoms with van der Waals surface area (Å²) in [7, 11) is 0. The monoisotopic (exact) mass is 259 g/mol. The minimum absolute atomic E-state index is 0.111. The molecule has 0 saturated heterocycles. The third kappa shape index (κ3) is 2.70. The number of amides is 1. The van der Waals surface area contributed by atoms with Crippen LogP contribution in [0.25, 0.3) is 0 Å². The van der Waals surface area contributed by atoms with Crippen LogP contribution < -0.4 is 11.1 Å². The van der Waals surface area contributed by atoms with Crippen molar-refractivity contribution >= 4 is 17.3 Å². The molecule has 4 nitrogen and oxygen atoms in total. The fourth-order valence-corrected chi connectivity index (χ4v) is 1.74. The smallest absolute Gasteiger partial charge is 0.257 e. The van der Waals surface area contributed by atoms with E-state index in [4.69, 9.17) is 5.73 Å². The number of hydrogen-bond donors (Lipinski definition) is 2. The van der Waals surface area contributed by atoms with Crippen molar-refractivity contribution in [3.05, 3.63) is 53.1 Å². The molecule has 98 valence electrons. The highest BCUT2D eigenvalue weighted by atomic mass is 19.1. The van der Waals surface area contributed by atoms with Crippen molar-refractivity contribution < 1.29 is 9.18 Å². The lowest BCUT2D eigenvalue weighted by atomic mass is 10.1. The molecule has 0 aliphatic carbocycles. The molecule has 0 fully saturated rings. The summed E-state index contributed by atoms with van der Waals surface area (Å²) in [6, 6.07) is 7.68. The van der Waals surface area contributed by atoms with Gasteiger partial charge in [0.25, 0.3) is 5.91 Å². The molecule has 1 aromatic carbocycles. The third-order valence-electron chi connectivity index (χ3n) is 2.77. The van der Waals surface area contributed by atoms with Gasteiger partial charge in [0, 0.05) is 5.69 Å². The first-order valence-corrected chi connectivity index (χ1v) is 5.78. The molecule has 2 rings (SSSR count). The van der Waals surface area contributed by atoms with Gasteiger partial charge in [-0.3, -0.25) is 9.78 Å². The highest BCUT2D eigenvalue weighted by molar-refractivity contribution is 6.07. The quantitative estimate of drug-likeness (QED) is 0.815. The summed E-state index contributed by atoms with van der Waals surface area (Å²) in [5, 5.41) is 2.67. The molecule has 0 aliphatic rings. The van der Waals surface area contributed by atoms with Crippen LogP contribution in [0, 0.1) is 19.7 Å². The number of hydrogen-bond acceptors (Lipinski definition) is 3.